The molecule has 3 aromatic rings. The maximum absolute atomic E-state index is 13.1. The molecular formula is C20H29N7O3S. The van der Waals surface area contributed by atoms with Gasteiger partial charge in [0, 0.05) is 44.5 Å². The number of aromatic nitrogens is 5. The van der Waals surface area contributed by atoms with Gasteiger partial charge in [0.05, 0.1) is 28.4 Å². The number of hydrogen-bond donors (Lipinski definition) is 2. The standard InChI is InChI=1S/C20H29N7O3S/c1-12(2)13(3)27-11-15(18-17(20(27)28)19(21)23-22-18)16-9-14(25(4)24-16)10-26-5-7-31(29,30)8-6-26/h9,11-13H,5-8,10H2,1-4H3,(H3,21,22,23)/t13-/m0/s1. The molecule has 1 aliphatic heterocycles. The molecule has 0 unspecified atom stereocenters. The molecule has 1 aliphatic rings. The third-order valence-corrected chi connectivity index (χ3v) is 7.87. The van der Waals surface area contributed by atoms with Crippen molar-refractivity contribution in [3.8, 4) is 11.3 Å². The lowest BCUT2D eigenvalue weighted by molar-refractivity contribution is 0.280. The monoisotopic (exact) mass is 447 g/mol. The summed E-state index contributed by atoms with van der Waals surface area (Å²) < 4.78 is 26.9. The number of nitrogens with zero attached hydrogens (tertiary/aromatic N) is 5. The van der Waals surface area contributed by atoms with Crippen molar-refractivity contribution < 1.29 is 8.42 Å². The van der Waals surface area contributed by atoms with Crippen molar-refractivity contribution in [2.45, 2.75) is 33.4 Å². The van der Waals surface area contributed by atoms with E-state index in [2.05, 4.69) is 34.0 Å². The average Bonchev–Trinajstić information content (AvgIpc) is 3.27. The maximum Gasteiger partial charge on any atom is 0.264 e. The van der Waals surface area contributed by atoms with Crippen molar-refractivity contribution in [1.82, 2.24) is 29.4 Å². The van der Waals surface area contributed by atoms with Gasteiger partial charge in [-0.3, -0.25) is 19.5 Å². The van der Waals surface area contributed by atoms with Gasteiger partial charge in [0.1, 0.15) is 5.39 Å². The Morgan fingerprint density at radius 2 is 1.90 bits per heavy atom. The van der Waals surface area contributed by atoms with Gasteiger partial charge in [0.25, 0.3) is 5.56 Å². The first-order chi connectivity index (χ1) is 14.6. The molecule has 3 N–H and O–H groups in total. The van der Waals surface area contributed by atoms with Crippen molar-refractivity contribution in [3.05, 3.63) is 28.3 Å². The van der Waals surface area contributed by atoms with Crippen LogP contribution in [0.15, 0.2) is 17.1 Å². The van der Waals surface area contributed by atoms with Crippen LogP contribution in [-0.4, -0.2) is 62.5 Å². The van der Waals surface area contributed by atoms with Gasteiger partial charge in [-0.2, -0.15) is 10.2 Å². The summed E-state index contributed by atoms with van der Waals surface area (Å²) >= 11 is 0. The number of nitrogens with one attached hydrogen (secondary N) is 1. The SMILES string of the molecule is CC(C)[C@H](C)n1cc(-c2cc(CN3CCS(=O)(=O)CC3)n(C)n2)c2[nH]nc(N)c2c1=O. The molecule has 168 valence electrons. The molecule has 0 aliphatic carbocycles. The quantitative estimate of drug-likeness (QED) is 0.600. The maximum atomic E-state index is 13.1. The topological polar surface area (TPSA) is 132 Å². The van der Waals surface area contributed by atoms with Crippen LogP contribution in [0.5, 0.6) is 0 Å². The zero-order valence-corrected chi connectivity index (χ0v) is 19.1. The van der Waals surface area contributed by atoms with Gasteiger partial charge < -0.3 is 10.3 Å². The third-order valence-electron chi connectivity index (χ3n) is 6.26. The van der Waals surface area contributed by atoms with Crippen LogP contribution in [0.1, 0.15) is 32.5 Å². The second kappa shape index (κ2) is 7.79. The number of nitrogens with two attached hydrogens (primary N) is 1. The molecule has 10 nitrogen and oxygen atoms in total. The number of nitrogen functional groups attached to an aromatic ring is 1. The number of hydrogen-bond acceptors (Lipinski definition) is 7. The van der Waals surface area contributed by atoms with E-state index >= 15 is 0 Å². The van der Waals surface area contributed by atoms with Crippen molar-refractivity contribution in [2.75, 3.05) is 30.3 Å². The van der Waals surface area contributed by atoms with Crippen LogP contribution < -0.4 is 11.3 Å². The molecule has 4 rings (SSSR count). The molecule has 0 bridgehead atoms. The number of anilines is 1. The summed E-state index contributed by atoms with van der Waals surface area (Å²) in [5.41, 5.74) is 8.85. The number of aryl methyl sites for hydroxylation is 1. The minimum Gasteiger partial charge on any atom is -0.382 e. The molecule has 0 aromatic carbocycles. The first kappa shape index (κ1) is 21.6. The van der Waals surface area contributed by atoms with Gasteiger partial charge in [-0.15, -0.1) is 0 Å². The normalized spacial score (nSPS) is 18.1. The summed E-state index contributed by atoms with van der Waals surface area (Å²) in [4.78, 5) is 15.2. The molecule has 1 fully saturated rings. The van der Waals surface area contributed by atoms with Gasteiger partial charge in [-0.05, 0) is 18.9 Å². The summed E-state index contributed by atoms with van der Waals surface area (Å²) in [6.45, 7) is 7.78. The highest BCUT2D eigenvalue weighted by Gasteiger charge is 2.24. The van der Waals surface area contributed by atoms with Crippen LogP contribution in [0.3, 0.4) is 0 Å². The van der Waals surface area contributed by atoms with Gasteiger partial charge >= 0.3 is 0 Å². The van der Waals surface area contributed by atoms with Crippen LogP contribution in [0.2, 0.25) is 0 Å². The lowest BCUT2D eigenvalue weighted by Crippen LogP contribution is -2.40. The molecular weight excluding hydrogens is 418 g/mol. The van der Waals surface area contributed by atoms with E-state index in [4.69, 9.17) is 5.73 Å². The molecule has 4 heterocycles. The Labute approximate surface area is 180 Å². The molecule has 0 saturated carbocycles. The van der Waals surface area contributed by atoms with Crippen LogP contribution in [-0.2, 0) is 23.4 Å². The Morgan fingerprint density at radius 3 is 2.55 bits per heavy atom. The second-order valence-electron chi connectivity index (χ2n) is 8.67. The first-order valence-corrected chi connectivity index (χ1v) is 12.2. The summed E-state index contributed by atoms with van der Waals surface area (Å²) in [6.07, 6.45) is 1.83. The summed E-state index contributed by atoms with van der Waals surface area (Å²) in [6, 6.07) is 1.95. The average molecular weight is 448 g/mol. The highest BCUT2D eigenvalue weighted by molar-refractivity contribution is 7.91. The lowest BCUT2D eigenvalue weighted by atomic mass is 10.0. The number of pyridine rings is 1. The highest BCUT2D eigenvalue weighted by atomic mass is 32.2. The zero-order chi connectivity index (χ0) is 22.5. The van der Waals surface area contributed by atoms with Crippen LogP contribution >= 0.6 is 0 Å². The summed E-state index contributed by atoms with van der Waals surface area (Å²) in [5.74, 6) is 0.802. The Balaban J connectivity index is 1.75. The Morgan fingerprint density at radius 1 is 1.23 bits per heavy atom. The van der Waals surface area contributed by atoms with E-state index in [1.165, 1.54) is 0 Å². The minimum atomic E-state index is -2.92. The second-order valence-corrected chi connectivity index (χ2v) is 11.0. The predicted molar refractivity (Wildman–Crippen MR) is 120 cm³/mol. The number of aromatic amines is 1. The highest BCUT2D eigenvalue weighted by Crippen LogP contribution is 2.29. The minimum absolute atomic E-state index is 0.0246. The van der Waals surface area contributed by atoms with E-state index in [0.29, 0.717) is 36.2 Å². The van der Waals surface area contributed by atoms with Gasteiger partial charge in [0.2, 0.25) is 0 Å². The van der Waals surface area contributed by atoms with E-state index in [0.717, 1.165) is 11.3 Å². The fourth-order valence-corrected chi connectivity index (χ4v) is 5.18. The number of H-pyrrole nitrogens is 1. The summed E-state index contributed by atoms with van der Waals surface area (Å²) in [7, 11) is -1.06. The fourth-order valence-electron chi connectivity index (χ4n) is 3.90. The first-order valence-electron chi connectivity index (χ1n) is 10.4. The predicted octanol–water partition coefficient (Wildman–Crippen LogP) is 1.15. The van der Waals surface area contributed by atoms with Crippen LogP contribution in [0.4, 0.5) is 5.82 Å². The van der Waals surface area contributed by atoms with Crippen molar-refractivity contribution in [1.29, 1.82) is 0 Å². The molecule has 0 radical (unpaired) electrons. The largest absolute Gasteiger partial charge is 0.382 e. The van der Waals surface area contributed by atoms with E-state index in [9.17, 15) is 13.2 Å². The van der Waals surface area contributed by atoms with Crippen molar-refractivity contribution >= 4 is 26.6 Å². The van der Waals surface area contributed by atoms with Crippen LogP contribution in [0.25, 0.3) is 22.2 Å². The Bertz CT molecular complexity index is 1270. The van der Waals surface area contributed by atoms with Crippen LogP contribution in [0, 0.1) is 5.92 Å². The smallest absolute Gasteiger partial charge is 0.264 e. The number of fused-ring (bicyclic) bond motifs is 1. The molecule has 31 heavy (non-hydrogen) atoms. The van der Waals surface area contributed by atoms with Gasteiger partial charge in [-0.25, -0.2) is 8.42 Å². The van der Waals surface area contributed by atoms with E-state index in [1.54, 1.807) is 9.25 Å². The Kier molecular flexibility index (Phi) is 5.42. The van der Waals surface area contributed by atoms with Crippen molar-refractivity contribution in [3.63, 3.8) is 0 Å². The zero-order valence-electron chi connectivity index (χ0n) is 18.3. The molecule has 11 heteroatoms. The Hall–Kier alpha value is -2.66. The van der Waals surface area contributed by atoms with E-state index in [-0.39, 0.29) is 34.8 Å². The third kappa shape index (κ3) is 3.99. The number of rotatable bonds is 5. The fraction of sp³-hybridized carbons (Fsp3) is 0.550. The van der Waals surface area contributed by atoms with Gasteiger partial charge in [-0.1, -0.05) is 13.8 Å². The lowest BCUT2D eigenvalue weighted by Gasteiger charge is -2.26. The van der Waals surface area contributed by atoms with E-state index in [1.807, 2.05) is 26.2 Å². The van der Waals surface area contributed by atoms with E-state index < -0.39 is 9.84 Å². The molecule has 0 amide bonds. The molecule has 0 spiro atoms. The van der Waals surface area contributed by atoms with Gasteiger partial charge in [0.15, 0.2) is 15.7 Å². The molecule has 3 aromatic heterocycles. The molecule has 1 atom stereocenters. The van der Waals surface area contributed by atoms with Crippen molar-refractivity contribution in [2.24, 2.45) is 13.0 Å². The molecule has 1 saturated heterocycles. The summed E-state index contributed by atoms with van der Waals surface area (Å²) in [5, 5.41) is 12.0. The number of sulfone groups is 1.